The van der Waals surface area contributed by atoms with E-state index in [0.29, 0.717) is 19.8 Å². The van der Waals surface area contributed by atoms with Gasteiger partial charge in [-0.15, -0.1) is 0 Å². The first-order valence-electron chi connectivity index (χ1n) is 8.59. The van der Waals surface area contributed by atoms with Crippen LogP contribution in [0.1, 0.15) is 12.0 Å². The van der Waals surface area contributed by atoms with Gasteiger partial charge in [0.2, 0.25) is 10.0 Å². The van der Waals surface area contributed by atoms with Gasteiger partial charge in [-0.3, -0.25) is 4.90 Å². The van der Waals surface area contributed by atoms with E-state index in [2.05, 4.69) is 4.90 Å². The summed E-state index contributed by atoms with van der Waals surface area (Å²) in [6, 6.07) is 5.24. The van der Waals surface area contributed by atoms with Crippen molar-refractivity contribution in [3.05, 3.63) is 29.6 Å². The van der Waals surface area contributed by atoms with Gasteiger partial charge >= 0.3 is 0 Å². The highest BCUT2D eigenvalue weighted by molar-refractivity contribution is 7.89. The number of hydrogen-bond donors (Lipinski definition) is 0. The highest BCUT2D eigenvalue weighted by Crippen LogP contribution is 2.39. The summed E-state index contributed by atoms with van der Waals surface area (Å²) in [5.74, 6) is -0.734. The van der Waals surface area contributed by atoms with Crippen molar-refractivity contribution >= 4 is 10.0 Å². The third-order valence-corrected chi connectivity index (χ3v) is 7.09. The smallest absolute Gasteiger partial charge is 0.243 e. The second kappa shape index (κ2) is 6.55. The number of nitriles is 1. The molecule has 9 heteroatoms. The zero-order valence-electron chi connectivity index (χ0n) is 14.2. The number of hydrogen-bond acceptors (Lipinski definition) is 6. The van der Waals surface area contributed by atoms with E-state index in [1.54, 1.807) is 6.07 Å². The number of ether oxygens (including phenoxy) is 2. The molecule has 140 valence electrons. The Hall–Kier alpha value is -1.57. The van der Waals surface area contributed by atoms with Crippen molar-refractivity contribution in [3.63, 3.8) is 0 Å². The minimum absolute atomic E-state index is 0.0108. The summed E-state index contributed by atoms with van der Waals surface area (Å²) in [7, 11) is -3.83. The van der Waals surface area contributed by atoms with Crippen LogP contribution in [0.4, 0.5) is 4.39 Å². The van der Waals surface area contributed by atoms with Crippen molar-refractivity contribution in [1.29, 1.82) is 5.26 Å². The Bertz CT molecular complexity index is 842. The van der Waals surface area contributed by atoms with Gasteiger partial charge in [0.25, 0.3) is 0 Å². The first-order valence-corrected chi connectivity index (χ1v) is 10.0. The third-order valence-electron chi connectivity index (χ3n) is 5.32. The fraction of sp³-hybridized carbons (Fsp3) is 0.588. The molecule has 1 spiro atoms. The van der Waals surface area contributed by atoms with Gasteiger partial charge in [0.05, 0.1) is 41.9 Å². The van der Waals surface area contributed by atoms with Crippen LogP contribution in [0.2, 0.25) is 0 Å². The lowest BCUT2D eigenvalue weighted by Gasteiger charge is -2.46. The molecule has 0 aromatic heterocycles. The van der Waals surface area contributed by atoms with Crippen LogP contribution in [0, 0.1) is 17.1 Å². The van der Waals surface area contributed by atoms with Crippen LogP contribution in [0.5, 0.6) is 0 Å². The predicted octanol–water partition coefficient (Wildman–Crippen LogP) is 0.562. The summed E-state index contributed by atoms with van der Waals surface area (Å²) >= 11 is 0. The molecule has 3 aliphatic heterocycles. The van der Waals surface area contributed by atoms with Gasteiger partial charge in [0, 0.05) is 32.2 Å². The van der Waals surface area contributed by atoms with E-state index in [1.165, 1.54) is 10.4 Å². The number of sulfonamides is 1. The fourth-order valence-electron chi connectivity index (χ4n) is 3.91. The van der Waals surface area contributed by atoms with Gasteiger partial charge in [-0.25, -0.2) is 12.8 Å². The summed E-state index contributed by atoms with van der Waals surface area (Å²) in [5, 5.41) is 8.92. The lowest BCUT2D eigenvalue weighted by Crippen LogP contribution is -2.63. The van der Waals surface area contributed by atoms with Crippen LogP contribution < -0.4 is 0 Å². The van der Waals surface area contributed by atoms with Crippen LogP contribution in [0.3, 0.4) is 0 Å². The predicted molar refractivity (Wildman–Crippen MR) is 89.4 cm³/mol. The molecule has 0 saturated carbocycles. The largest absolute Gasteiger partial charge is 0.379 e. The molecule has 3 fully saturated rings. The molecule has 0 radical (unpaired) electrons. The van der Waals surface area contributed by atoms with E-state index in [0.717, 1.165) is 31.6 Å². The second-order valence-electron chi connectivity index (χ2n) is 7.06. The Labute approximate surface area is 151 Å². The highest BCUT2D eigenvalue weighted by atomic mass is 32.2. The molecule has 0 amide bonds. The van der Waals surface area contributed by atoms with Gasteiger partial charge in [0.1, 0.15) is 5.82 Å². The summed E-state index contributed by atoms with van der Waals surface area (Å²) < 4.78 is 51.7. The molecule has 1 aromatic carbocycles. The first kappa shape index (κ1) is 17.8. The lowest BCUT2D eigenvalue weighted by molar-refractivity contribution is -0.0776. The quantitative estimate of drug-likeness (QED) is 0.761. The summed E-state index contributed by atoms with van der Waals surface area (Å²) in [4.78, 5) is 2.15. The average Bonchev–Trinajstić information content (AvgIpc) is 3.06. The molecule has 7 nitrogen and oxygen atoms in total. The van der Waals surface area contributed by atoms with Crippen molar-refractivity contribution < 1.29 is 22.3 Å². The molecule has 1 aromatic rings. The molecular formula is C17H20FN3O4S. The Morgan fingerprint density at radius 1 is 1.23 bits per heavy atom. The van der Waals surface area contributed by atoms with Crippen LogP contribution in [-0.2, 0) is 19.5 Å². The van der Waals surface area contributed by atoms with Gasteiger partial charge in [-0.2, -0.15) is 9.57 Å². The zero-order chi connectivity index (χ0) is 18.4. The molecule has 0 N–H and O–H groups in total. The molecule has 3 saturated heterocycles. The molecule has 4 rings (SSSR count). The minimum atomic E-state index is -3.83. The van der Waals surface area contributed by atoms with Gasteiger partial charge in [0.15, 0.2) is 0 Å². The van der Waals surface area contributed by atoms with Crippen LogP contribution in [0.25, 0.3) is 0 Å². The minimum Gasteiger partial charge on any atom is -0.379 e. The number of rotatable bonds is 3. The van der Waals surface area contributed by atoms with E-state index in [-0.39, 0.29) is 29.6 Å². The number of morpholine rings is 1. The second-order valence-corrected chi connectivity index (χ2v) is 9.00. The summed E-state index contributed by atoms with van der Waals surface area (Å²) in [6.07, 6.45) is 0.783. The van der Waals surface area contributed by atoms with Gasteiger partial charge in [-0.1, -0.05) is 0 Å². The van der Waals surface area contributed by atoms with E-state index in [4.69, 9.17) is 14.7 Å². The Balaban J connectivity index is 1.44. The zero-order valence-corrected chi connectivity index (χ0v) is 15.0. The van der Waals surface area contributed by atoms with E-state index in [1.807, 2.05) is 0 Å². The lowest BCUT2D eigenvalue weighted by atomic mass is 9.91. The molecule has 1 atom stereocenters. The highest BCUT2D eigenvalue weighted by Gasteiger charge is 2.54. The summed E-state index contributed by atoms with van der Waals surface area (Å²) in [5.41, 5.74) is -0.468. The van der Waals surface area contributed by atoms with Crippen LogP contribution >= 0.6 is 0 Å². The van der Waals surface area contributed by atoms with Gasteiger partial charge < -0.3 is 9.47 Å². The molecule has 0 aliphatic carbocycles. The van der Waals surface area contributed by atoms with Crippen molar-refractivity contribution in [1.82, 2.24) is 9.21 Å². The molecule has 1 unspecified atom stereocenters. The molecule has 3 heterocycles. The number of halogens is 1. The molecule has 0 bridgehead atoms. The van der Waals surface area contributed by atoms with E-state index >= 15 is 0 Å². The SMILES string of the molecule is N#Cc1cc(F)cc(S(=O)(=O)N2CC3(CC(N4CCOCC4)CO3)C2)c1. The maximum atomic E-state index is 13.6. The van der Waals surface area contributed by atoms with Crippen molar-refractivity contribution in [2.75, 3.05) is 46.0 Å². The van der Waals surface area contributed by atoms with E-state index < -0.39 is 21.4 Å². The van der Waals surface area contributed by atoms with Crippen LogP contribution in [-0.4, -0.2) is 75.3 Å². The Morgan fingerprint density at radius 3 is 2.65 bits per heavy atom. The van der Waals surface area contributed by atoms with Crippen molar-refractivity contribution in [2.45, 2.75) is 23.0 Å². The average molecular weight is 381 g/mol. The first-order chi connectivity index (χ1) is 12.4. The Kier molecular flexibility index (Phi) is 4.49. The molecule has 3 aliphatic rings. The van der Waals surface area contributed by atoms with Crippen molar-refractivity contribution in [3.8, 4) is 6.07 Å². The summed E-state index contributed by atoms with van der Waals surface area (Å²) in [6.45, 7) is 4.27. The topological polar surface area (TPSA) is 82.9 Å². The maximum absolute atomic E-state index is 13.6. The molecular weight excluding hydrogens is 361 g/mol. The van der Waals surface area contributed by atoms with E-state index in [9.17, 15) is 12.8 Å². The fourth-order valence-corrected chi connectivity index (χ4v) is 5.56. The third kappa shape index (κ3) is 3.12. The monoisotopic (exact) mass is 381 g/mol. The standard InChI is InChI=1S/C17H20FN3O4S/c18-14-5-13(9-19)6-16(7-14)26(22,23)21-11-17(12-21)8-15(10-25-17)20-1-3-24-4-2-20/h5-7,15H,1-4,8,10-12H2. The number of nitrogens with zero attached hydrogens (tertiary/aromatic N) is 3. The maximum Gasteiger partial charge on any atom is 0.243 e. The molecule has 26 heavy (non-hydrogen) atoms. The van der Waals surface area contributed by atoms with Crippen LogP contribution in [0.15, 0.2) is 23.1 Å². The normalized spacial score (nSPS) is 26.5. The number of benzene rings is 1. The Morgan fingerprint density at radius 2 is 1.96 bits per heavy atom. The van der Waals surface area contributed by atoms with Gasteiger partial charge in [-0.05, 0) is 24.6 Å². The van der Waals surface area contributed by atoms with Crippen molar-refractivity contribution in [2.24, 2.45) is 0 Å².